The van der Waals surface area contributed by atoms with Crippen LogP contribution in [-0.2, 0) is 0 Å². The molecule has 2 N–H and O–H groups in total. The highest BCUT2D eigenvalue weighted by atomic mass is 32.1. The molecule has 0 heterocycles. The van der Waals surface area contributed by atoms with Crippen LogP contribution in [0.15, 0.2) is 54.6 Å². The molecule has 2 rings (SSSR count). The predicted molar refractivity (Wildman–Crippen MR) is 105 cm³/mol. The van der Waals surface area contributed by atoms with Gasteiger partial charge in [-0.15, -0.1) is 0 Å². The molecular weight excluding hydrogens is 332 g/mol. The first-order chi connectivity index (χ1) is 12.0. The lowest BCUT2D eigenvalue weighted by molar-refractivity contribution is 0.0975. The van der Waals surface area contributed by atoms with Crippen LogP contribution >= 0.6 is 12.2 Å². The zero-order chi connectivity index (χ0) is 18.2. The molecule has 0 radical (unpaired) electrons. The summed E-state index contributed by atoms with van der Waals surface area (Å²) in [6.07, 6.45) is 0.912. The Morgan fingerprint density at radius 1 is 1.12 bits per heavy atom. The first-order valence-corrected chi connectivity index (χ1v) is 8.84. The van der Waals surface area contributed by atoms with Crippen molar-refractivity contribution < 1.29 is 9.53 Å². The molecule has 0 aliphatic rings. The van der Waals surface area contributed by atoms with Crippen molar-refractivity contribution in [3.05, 3.63) is 65.7 Å². The summed E-state index contributed by atoms with van der Waals surface area (Å²) in [6.45, 7) is 5.96. The smallest absolute Gasteiger partial charge is 0.257 e. The number of ether oxygens (including phenoxy) is 1. The Labute approximate surface area is 154 Å². The number of carbonyl (C=O) groups is 1. The van der Waals surface area contributed by atoms with Gasteiger partial charge in [0.2, 0.25) is 0 Å². The van der Waals surface area contributed by atoms with Gasteiger partial charge in [0.15, 0.2) is 5.11 Å². The normalized spacial score (nSPS) is 11.7. The molecule has 5 heteroatoms. The zero-order valence-corrected chi connectivity index (χ0v) is 15.6. The lowest BCUT2D eigenvalue weighted by Gasteiger charge is -2.19. The average Bonchev–Trinajstić information content (AvgIpc) is 2.60. The highest BCUT2D eigenvalue weighted by Gasteiger charge is 2.13. The molecule has 0 aromatic heterocycles. The molecule has 2 aromatic carbocycles. The average molecular weight is 356 g/mol. The molecule has 0 bridgehead atoms. The molecule has 0 fully saturated rings. The molecule has 1 amide bonds. The van der Waals surface area contributed by atoms with Crippen LogP contribution in [0, 0.1) is 0 Å². The molecule has 1 unspecified atom stereocenters. The van der Waals surface area contributed by atoms with E-state index in [0.29, 0.717) is 16.4 Å². The van der Waals surface area contributed by atoms with Crippen LogP contribution in [0.1, 0.15) is 49.2 Å². The number of rotatable bonds is 6. The van der Waals surface area contributed by atoms with Gasteiger partial charge in [-0.25, -0.2) is 0 Å². The molecule has 0 saturated carbocycles. The summed E-state index contributed by atoms with van der Waals surface area (Å²) in [4.78, 5) is 12.4. The lowest BCUT2D eigenvalue weighted by Crippen LogP contribution is -2.40. The third kappa shape index (κ3) is 5.87. The van der Waals surface area contributed by atoms with Crippen molar-refractivity contribution in [3.8, 4) is 5.75 Å². The molecule has 1 atom stereocenters. The number of nitrogens with one attached hydrogen (secondary N) is 2. The van der Waals surface area contributed by atoms with Crippen molar-refractivity contribution in [1.29, 1.82) is 0 Å². The third-order valence-corrected chi connectivity index (χ3v) is 3.83. The van der Waals surface area contributed by atoms with Crippen molar-refractivity contribution in [3.63, 3.8) is 0 Å². The van der Waals surface area contributed by atoms with Crippen molar-refractivity contribution in [2.24, 2.45) is 0 Å². The molecule has 0 spiro atoms. The summed E-state index contributed by atoms with van der Waals surface area (Å²) in [5, 5.41) is 6.25. The molecule has 2 aromatic rings. The Bertz CT molecular complexity index is 717. The Morgan fingerprint density at radius 3 is 2.48 bits per heavy atom. The van der Waals surface area contributed by atoms with Gasteiger partial charge in [0, 0.05) is 5.56 Å². The molecule has 0 saturated heterocycles. The topological polar surface area (TPSA) is 50.4 Å². The highest BCUT2D eigenvalue weighted by Crippen LogP contribution is 2.16. The summed E-state index contributed by atoms with van der Waals surface area (Å²) >= 11 is 5.30. The van der Waals surface area contributed by atoms with Crippen molar-refractivity contribution in [2.45, 2.75) is 39.3 Å². The van der Waals surface area contributed by atoms with E-state index in [1.54, 1.807) is 18.2 Å². The minimum Gasteiger partial charge on any atom is -0.491 e. The van der Waals surface area contributed by atoms with Crippen molar-refractivity contribution in [1.82, 2.24) is 10.6 Å². The zero-order valence-electron chi connectivity index (χ0n) is 14.8. The maximum atomic E-state index is 12.4. The number of benzene rings is 2. The van der Waals surface area contributed by atoms with E-state index in [0.717, 1.165) is 12.0 Å². The van der Waals surface area contributed by atoms with E-state index in [2.05, 4.69) is 17.6 Å². The summed E-state index contributed by atoms with van der Waals surface area (Å²) in [5.41, 5.74) is 1.64. The molecule has 0 aliphatic carbocycles. The number of hydrogen-bond acceptors (Lipinski definition) is 3. The maximum Gasteiger partial charge on any atom is 0.257 e. The quantitative estimate of drug-likeness (QED) is 0.761. The summed E-state index contributed by atoms with van der Waals surface area (Å²) in [7, 11) is 0. The fourth-order valence-corrected chi connectivity index (χ4v) is 2.69. The van der Waals surface area contributed by atoms with Gasteiger partial charge in [0.25, 0.3) is 5.91 Å². The minimum atomic E-state index is -0.255. The van der Waals surface area contributed by atoms with Gasteiger partial charge in [0.05, 0.1) is 12.1 Å². The number of carbonyl (C=O) groups excluding carboxylic acids is 1. The number of hydrogen-bond donors (Lipinski definition) is 2. The second-order valence-corrected chi connectivity index (χ2v) is 6.40. The molecule has 4 nitrogen and oxygen atoms in total. The van der Waals surface area contributed by atoms with Gasteiger partial charge in [-0.2, -0.15) is 0 Å². The van der Waals surface area contributed by atoms with Crippen LogP contribution in [-0.4, -0.2) is 17.1 Å². The summed E-state index contributed by atoms with van der Waals surface area (Å²) in [6, 6.07) is 17.2. The summed E-state index contributed by atoms with van der Waals surface area (Å²) in [5.74, 6) is 0.409. The van der Waals surface area contributed by atoms with Crippen LogP contribution in [0.3, 0.4) is 0 Å². The Morgan fingerprint density at radius 2 is 1.84 bits per heavy atom. The van der Waals surface area contributed by atoms with Crippen LogP contribution in [0.2, 0.25) is 0 Å². The Balaban J connectivity index is 1.99. The highest BCUT2D eigenvalue weighted by molar-refractivity contribution is 7.80. The number of thiocarbonyl (C=S) groups is 1. The molecule has 132 valence electrons. The van der Waals surface area contributed by atoms with Crippen molar-refractivity contribution >= 4 is 23.2 Å². The van der Waals surface area contributed by atoms with Crippen LogP contribution in [0.25, 0.3) is 0 Å². The lowest BCUT2D eigenvalue weighted by atomic mass is 10.1. The third-order valence-electron chi connectivity index (χ3n) is 3.61. The molecule has 25 heavy (non-hydrogen) atoms. The molecular formula is C20H24N2O2S. The first-order valence-electron chi connectivity index (χ1n) is 8.43. The Kier molecular flexibility index (Phi) is 6.95. The fourth-order valence-electron chi connectivity index (χ4n) is 2.46. The van der Waals surface area contributed by atoms with Crippen molar-refractivity contribution in [2.75, 3.05) is 0 Å². The largest absolute Gasteiger partial charge is 0.491 e. The van der Waals surface area contributed by atoms with Gasteiger partial charge in [0.1, 0.15) is 5.75 Å². The Hall–Kier alpha value is -2.40. The SMILES string of the molecule is CCC(NC(=S)NC(=O)c1cccc(OC(C)C)c1)c1ccccc1. The maximum absolute atomic E-state index is 12.4. The second kappa shape index (κ2) is 9.18. The van der Waals surface area contributed by atoms with E-state index in [1.165, 1.54) is 0 Å². The van der Waals surface area contributed by atoms with E-state index in [4.69, 9.17) is 17.0 Å². The van der Waals surface area contributed by atoms with E-state index >= 15 is 0 Å². The monoisotopic (exact) mass is 356 g/mol. The van der Waals surface area contributed by atoms with E-state index < -0.39 is 0 Å². The van der Waals surface area contributed by atoms with Gasteiger partial charge in [-0.1, -0.05) is 43.3 Å². The summed E-state index contributed by atoms with van der Waals surface area (Å²) < 4.78 is 5.62. The van der Waals surface area contributed by atoms with E-state index in [1.807, 2.05) is 50.2 Å². The second-order valence-electron chi connectivity index (χ2n) is 5.99. The van der Waals surface area contributed by atoms with Gasteiger partial charge < -0.3 is 10.1 Å². The van der Waals surface area contributed by atoms with E-state index in [9.17, 15) is 4.79 Å². The van der Waals surface area contributed by atoms with E-state index in [-0.39, 0.29) is 18.1 Å². The molecule has 0 aliphatic heterocycles. The fraction of sp³-hybridized carbons (Fsp3) is 0.300. The van der Waals surface area contributed by atoms with Gasteiger partial charge in [-0.05, 0) is 56.2 Å². The predicted octanol–water partition coefficient (Wildman–Crippen LogP) is 4.23. The van der Waals surface area contributed by atoms with Crippen LogP contribution in [0.5, 0.6) is 5.75 Å². The standard InChI is InChI=1S/C20H24N2O2S/c1-4-18(15-9-6-5-7-10-15)21-20(25)22-19(23)16-11-8-12-17(13-16)24-14(2)3/h5-14,18H,4H2,1-3H3,(H2,21,22,23,25). The van der Waals surface area contributed by atoms with Crippen LogP contribution in [0.4, 0.5) is 0 Å². The van der Waals surface area contributed by atoms with Gasteiger partial charge >= 0.3 is 0 Å². The number of amides is 1. The van der Waals surface area contributed by atoms with Gasteiger partial charge in [-0.3, -0.25) is 10.1 Å². The van der Waals surface area contributed by atoms with Crippen LogP contribution < -0.4 is 15.4 Å². The first kappa shape index (κ1) is 18.9. The minimum absolute atomic E-state index is 0.0530.